The Kier molecular flexibility index (Phi) is 6.07. The van der Waals surface area contributed by atoms with E-state index in [1.54, 1.807) is 22.1 Å². The maximum absolute atomic E-state index is 13.0. The van der Waals surface area contributed by atoms with Gasteiger partial charge in [-0.05, 0) is 42.3 Å². The maximum Gasteiger partial charge on any atom is 0.275 e. The topological polar surface area (TPSA) is 47.4 Å². The summed E-state index contributed by atoms with van der Waals surface area (Å²) in [5.41, 5.74) is 1.90. The number of rotatable bonds is 8. The van der Waals surface area contributed by atoms with Crippen molar-refractivity contribution in [1.82, 2.24) is 14.7 Å². The summed E-state index contributed by atoms with van der Waals surface area (Å²) in [6.45, 7) is 5.24. The lowest BCUT2D eigenvalue weighted by Crippen LogP contribution is -2.31. The van der Waals surface area contributed by atoms with Crippen molar-refractivity contribution in [1.29, 1.82) is 0 Å². The van der Waals surface area contributed by atoms with Gasteiger partial charge in [0.2, 0.25) is 0 Å². The Balaban J connectivity index is 1.58. The Morgan fingerprint density at radius 2 is 1.87 bits per heavy atom. The van der Waals surface area contributed by atoms with Gasteiger partial charge in [-0.3, -0.25) is 9.69 Å². The van der Waals surface area contributed by atoms with Gasteiger partial charge in [0.15, 0.2) is 0 Å². The van der Waals surface area contributed by atoms with Crippen LogP contribution in [0.4, 0.5) is 0 Å². The van der Waals surface area contributed by atoms with Crippen molar-refractivity contribution < 1.29 is 4.74 Å². The molecule has 0 saturated carbocycles. The summed E-state index contributed by atoms with van der Waals surface area (Å²) in [4.78, 5) is 16.2. The van der Waals surface area contributed by atoms with Crippen molar-refractivity contribution in [3.05, 3.63) is 94.6 Å². The van der Waals surface area contributed by atoms with Gasteiger partial charge in [-0.1, -0.05) is 49.1 Å². The highest BCUT2D eigenvalue weighted by Crippen LogP contribution is 2.28. The van der Waals surface area contributed by atoms with Gasteiger partial charge in [0, 0.05) is 11.9 Å². The van der Waals surface area contributed by atoms with Crippen molar-refractivity contribution in [3.63, 3.8) is 0 Å². The van der Waals surface area contributed by atoms with E-state index in [-0.39, 0.29) is 5.56 Å². The third-order valence-electron chi connectivity index (χ3n) is 4.74. The maximum atomic E-state index is 13.0. The first-order chi connectivity index (χ1) is 14.7. The zero-order valence-corrected chi connectivity index (χ0v) is 17.6. The number of aromatic nitrogens is 2. The SMILES string of the molecule is C=CCOc1ccc(CN(C)Cn2nc(-c3cccs3)c3ccccc3c2=O)cc1. The van der Waals surface area contributed by atoms with Gasteiger partial charge in [0.1, 0.15) is 18.1 Å². The van der Waals surface area contributed by atoms with Gasteiger partial charge in [-0.15, -0.1) is 11.3 Å². The number of hydrogen-bond acceptors (Lipinski definition) is 5. The van der Waals surface area contributed by atoms with Crippen molar-refractivity contribution in [3.8, 4) is 16.3 Å². The summed E-state index contributed by atoms with van der Waals surface area (Å²) in [6.07, 6.45) is 1.72. The third kappa shape index (κ3) is 4.35. The van der Waals surface area contributed by atoms with Crippen LogP contribution in [0.15, 0.2) is 83.5 Å². The van der Waals surface area contributed by atoms with E-state index in [1.165, 1.54) is 0 Å². The average Bonchev–Trinajstić information content (AvgIpc) is 3.30. The van der Waals surface area contributed by atoms with Crippen LogP contribution in [0, 0.1) is 0 Å². The number of fused-ring (bicyclic) bond motifs is 1. The lowest BCUT2D eigenvalue weighted by Gasteiger charge is -2.19. The van der Waals surface area contributed by atoms with E-state index in [4.69, 9.17) is 9.84 Å². The minimum absolute atomic E-state index is 0.0778. The minimum atomic E-state index is -0.0778. The van der Waals surface area contributed by atoms with E-state index >= 15 is 0 Å². The van der Waals surface area contributed by atoms with Crippen LogP contribution in [0.3, 0.4) is 0 Å². The molecule has 2 aromatic carbocycles. The summed E-state index contributed by atoms with van der Waals surface area (Å²) in [7, 11) is 1.98. The van der Waals surface area contributed by atoms with E-state index in [9.17, 15) is 4.79 Å². The molecule has 0 fully saturated rings. The largest absolute Gasteiger partial charge is 0.490 e. The normalized spacial score (nSPS) is 11.1. The molecule has 0 radical (unpaired) electrons. The fourth-order valence-electron chi connectivity index (χ4n) is 3.36. The molecule has 0 aliphatic rings. The van der Waals surface area contributed by atoms with E-state index < -0.39 is 0 Å². The summed E-state index contributed by atoms with van der Waals surface area (Å²) >= 11 is 1.62. The number of ether oxygens (including phenoxy) is 1. The van der Waals surface area contributed by atoms with Gasteiger partial charge in [0.25, 0.3) is 5.56 Å². The zero-order chi connectivity index (χ0) is 20.9. The Hall–Kier alpha value is -3.22. The molecule has 5 nitrogen and oxygen atoms in total. The highest BCUT2D eigenvalue weighted by Gasteiger charge is 2.14. The molecular formula is C24H23N3O2S. The van der Waals surface area contributed by atoms with Gasteiger partial charge in [-0.2, -0.15) is 5.10 Å². The van der Waals surface area contributed by atoms with Gasteiger partial charge < -0.3 is 4.74 Å². The molecule has 2 heterocycles. The molecule has 0 saturated heterocycles. The van der Waals surface area contributed by atoms with Gasteiger partial charge in [0.05, 0.1) is 16.9 Å². The Morgan fingerprint density at radius 3 is 2.57 bits per heavy atom. The summed E-state index contributed by atoms with van der Waals surface area (Å²) in [6, 6.07) is 19.7. The van der Waals surface area contributed by atoms with Crippen LogP contribution >= 0.6 is 11.3 Å². The Labute approximate surface area is 179 Å². The van der Waals surface area contributed by atoms with Crippen LogP contribution in [0.25, 0.3) is 21.3 Å². The fourth-order valence-corrected chi connectivity index (χ4v) is 4.09. The monoisotopic (exact) mass is 417 g/mol. The van der Waals surface area contributed by atoms with Crippen LogP contribution in [0.1, 0.15) is 5.56 Å². The first-order valence-electron chi connectivity index (χ1n) is 9.70. The van der Waals surface area contributed by atoms with Gasteiger partial charge >= 0.3 is 0 Å². The molecule has 0 amide bonds. The first-order valence-corrected chi connectivity index (χ1v) is 10.6. The van der Waals surface area contributed by atoms with Crippen molar-refractivity contribution in [2.24, 2.45) is 0 Å². The van der Waals surface area contributed by atoms with Crippen molar-refractivity contribution in [2.45, 2.75) is 13.2 Å². The molecule has 0 unspecified atom stereocenters. The Morgan fingerprint density at radius 1 is 1.10 bits per heavy atom. The zero-order valence-electron chi connectivity index (χ0n) is 16.8. The molecule has 30 heavy (non-hydrogen) atoms. The van der Waals surface area contributed by atoms with E-state index in [2.05, 4.69) is 11.5 Å². The van der Waals surface area contributed by atoms with Crippen LogP contribution in [-0.4, -0.2) is 28.3 Å². The molecule has 0 N–H and O–H groups in total. The number of nitrogens with zero attached hydrogens (tertiary/aromatic N) is 3. The molecule has 0 aliphatic heterocycles. The molecule has 6 heteroatoms. The van der Waals surface area contributed by atoms with Crippen LogP contribution in [-0.2, 0) is 13.2 Å². The smallest absolute Gasteiger partial charge is 0.275 e. The summed E-state index contributed by atoms with van der Waals surface area (Å²) < 4.78 is 7.08. The molecule has 0 aliphatic carbocycles. The Bertz CT molecular complexity index is 1200. The lowest BCUT2D eigenvalue weighted by atomic mass is 10.1. The van der Waals surface area contributed by atoms with E-state index in [0.717, 1.165) is 27.3 Å². The number of thiophene rings is 1. The second-order valence-corrected chi connectivity index (χ2v) is 8.02. The summed E-state index contributed by atoms with van der Waals surface area (Å²) in [5, 5.41) is 8.32. The molecule has 2 aromatic heterocycles. The second kappa shape index (κ2) is 9.07. The fraction of sp³-hybridized carbons (Fsp3) is 0.167. The highest BCUT2D eigenvalue weighted by atomic mass is 32.1. The average molecular weight is 418 g/mol. The van der Waals surface area contributed by atoms with Crippen LogP contribution in [0.2, 0.25) is 0 Å². The standard InChI is InChI=1S/C24H23N3O2S/c1-3-14-29-19-12-10-18(11-13-19)16-26(2)17-27-24(28)21-8-5-4-7-20(21)23(25-27)22-9-6-15-30-22/h3-13,15H,1,14,16-17H2,2H3. The molecular weight excluding hydrogens is 394 g/mol. The highest BCUT2D eigenvalue weighted by molar-refractivity contribution is 7.13. The van der Waals surface area contributed by atoms with Crippen molar-refractivity contribution >= 4 is 22.1 Å². The number of benzene rings is 2. The molecule has 152 valence electrons. The summed E-state index contributed by atoms with van der Waals surface area (Å²) in [5.74, 6) is 0.814. The molecule has 4 rings (SSSR count). The van der Waals surface area contributed by atoms with Crippen LogP contribution in [0.5, 0.6) is 5.75 Å². The van der Waals surface area contributed by atoms with Gasteiger partial charge in [-0.25, -0.2) is 4.68 Å². The minimum Gasteiger partial charge on any atom is -0.490 e. The number of hydrogen-bond donors (Lipinski definition) is 0. The predicted molar refractivity (Wildman–Crippen MR) is 123 cm³/mol. The molecule has 0 bridgehead atoms. The van der Waals surface area contributed by atoms with E-state index in [0.29, 0.717) is 25.2 Å². The van der Waals surface area contributed by atoms with Crippen LogP contribution < -0.4 is 10.3 Å². The predicted octanol–water partition coefficient (Wildman–Crippen LogP) is 4.78. The molecule has 4 aromatic rings. The lowest BCUT2D eigenvalue weighted by molar-refractivity contribution is 0.241. The van der Waals surface area contributed by atoms with E-state index in [1.807, 2.05) is 73.1 Å². The van der Waals surface area contributed by atoms with Crippen molar-refractivity contribution in [2.75, 3.05) is 13.7 Å². The molecule has 0 spiro atoms. The molecule has 0 atom stereocenters. The second-order valence-electron chi connectivity index (χ2n) is 7.08. The quantitative estimate of drug-likeness (QED) is 0.387. The third-order valence-corrected chi connectivity index (χ3v) is 5.62. The first kappa shape index (κ1) is 20.1.